The molecular weight excluding hydrogens is 695 g/mol. The number of hydrogen-bond donors (Lipinski definition) is 0. The molecule has 0 amide bonds. The smallest absolute Gasteiger partial charge is 0.165 e. The van der Waals surface area contributed by atoms with Gasteiger partial charge in [0.15, 0.2) is 17.5 Å². The maximum Gasteiger partial charge on any atom is 0.165 e. The van der Waals surface area contributed by atoms with Crippen molar-refractivity contribution in [3.05, 3.63) is 139 Å². The van der Waals surface area contributed by atoms with Gasteiger partial charge in [0.1, 0.15) is 0 Å². The number of rotatable bonds is 3. The van der Waals surface area contributed by atoms with Crippen LogP contribution in [0.1, 0.15) is 43.2 Å². The third kappa shape index (κ3) is 3.99. The molecule has 0 N–H and O–H groups in total. The van der Waals surface area contributed by atoms with Gasteiger partial charge in [0.2, 0.25) is 0 Å². The molecule has 1 spiro atoms. The predicted molar refractivity (Wildman–Crippen MR) is 225 cm³/mol. The Morgan fingerprint density at radius 2 is 1.13 bits per heavy atom. The summed E-state index contributed by atoms with van der Waals surface area (Å²) in [5, 5.41) is 5.39. The molecule has 0 saturated heterocycles. The minimum absolute atomic E-state index is 0.0338. The predicted octanol–water partition coefficient (Wildman–Crippen LogP) is 13.3. The number of aromatic nitrogens is 3. The Hall–Kier alpha value is -5.23. The first-order valence-electron chi connectivity index (χ1n) is 19.5. The summed E-state index contributed by atoms with van der Waals surface area (Å²) in [5.74, 6) is 5.31. The summed E-state index contributed by atoms with van der Waals surface area (Å²) in [4.78, 5) is 15.9. The Kier molecular flexibility index (Phi) is 6.10. The molecule has 0 atom stereocenters. The van der Waals surface area contributed by atoms with Crippen LogP contribution in [0, 0.1) is 23.7 Å². The molecule has 54 heavy (non-hydrogen) atoms. The summed E-state index contributed by atoms with van der Waals surface area (Å²) in [6.45, 7) is 0. The van der Waals surface area contributed by atoms with Crippen LogP contribution in [0.15, 0.2) is 127 Å². The van der Waals surface area contributed by atoms with Crippen molar-refractivity contribution in [2.24, 2.45) is 23.7 Å². The van der Waals surface area contributed by atoms with Crippen molar-refractivity contribution in [2.45, 2.75) is 37.5 Å². The van der Waals surface area contributed by atoms with Crippen molar-refractivity contribution in [2.75, 3.05) is 0 Å². The average Bonchev–Trinajstić information content (AvgIpc) is 3.88. The van der Waals surface area contributed by atoms with E-state index in [4.69, 9.17) is 15.0 Å². The number of benzene rings is 6. The number of nitrogens with zero attached hydrogens (tertiary/aromatic N) is 3. The lowest BCUT2D eigenvalue weighted by molar-refractivity contribution is -0.0399. The van der Waals surface area contributed by atoms with E-state index in [0.29, 0.717) is 17.7 Å². The van der Waals surface area contributed by atoms with E-state index in [1.807, 2.05) is 22.7 Å². The van der Waals surface area contributed by atoms with Gasteiger partial charge in [-0.2, -0.15) is 0 Å². The summed E-state index contributed by atoms with van der Waals surface area (Å²) < 4.78 is 5.28. The van der Waals surface area contributed by atoms with E-state index in [0.717, 1.165) is 40.2 Å². The zero-order chi connectivity index (χ0) is 35.1. The standard InChI is InChI=1S/C49H35N3S2/c1-2-9-29(10-3-1)46-50-47(52-48(51-46)37-14-8-13-34-33-11-4-6-15-40(33)54-45(34)37)30-17-18-35-39(26-30)49(31-22-27-21-28(24-31)25-32(49)23-27)38-19-20-42-44(43(35)38)36-12-5-7-16-41(36)53-42/h1-20,26-28,31-32H,21-25H2. The zero-order valence-corrected chi connectivity index (χ0v) is 31.3. The molecule has 258 valence electrons. The lowest BCUT2D eigenvalue weighted by Crippen LogP contribution is -2.55. The van der Waals surface area contributed by atoms with Crippen molar-refractivity contribution in [3.8, 4) is 45.3 Å². The third-order valence-corrected chi connectivity index (χ3v) is 16.1. The topological polar surface area (TPSA) is 38.7 Å². The van der Waals surface area contributed by atoms with Crippen LogP contribution in [-0.2, 0) is 5.41 Å². The average molecular weight is 730 g/mol. The zero-order valence-electron chi connectivity index (χ0n) is 29.6. The van der Waals surface area contributed by atoms with Crippen molar-refractivity contribution >= 4 is 63.0 Å². The summed E-state index contributed by atoms with van der Waals surface area (Å²) in [7, 11) is 0. The molecule has 14 rings (SSSR count). The van der Waals surface area contributed by atoms with E-state index in [1.165, 1.54) is 89.1 Å². The summed E-state index contributed by atoms with van der Waals surface area (Å²) in [6, 6.07) is 47.0. The van der Waals surface area contributed by atoms with Crippen LogP contribution in [0.2, 0.25) is 0 Å². The van der Waals surface area contributed by atoms with Gasteiger partial charge in [-0.1, -0.05) is 97.1 Å². The van der Waals surface area contributed by atoms with Gasteiger partial charge in [-0.15, -0.1) is 22.7 Å². The molecule has 0 unspecified atom stereocenters. The fraction of sp³-hybridized carbons (Fsp3) is 0.204. The molecule has 3 nitrogen and oxygen atoms in total. The number of thiophene rings is 2. The van der Waals surface area contributed by atoms with Crippen LogP contribution in [0.5, 0.6) is 0 Å². The first-order chi connectivity index (χ1) is 26.7. The highest BCUT2D eigenvalue weighted by molar-refractivity contribution is 7.26. The van der Waals surface area contributed by atoms with Gasteiger partial charge in [0, 0.05) is 62.4 Å². The SMILES string of the molecule is c1ccc(-c2nc(-c3ccc4c(c3)C3(c5ccc6sc7ccccc7c6c5-4)C4CC5CC(C4)CC3C5)nc(-c3cccc4c3sc3ccccc34)n2)cc1. The lowest BCUT2D eigenvalue weighted by Gasteiger charge is -2.61. The van der Waals surface area contributed by atoms with E-state index < -0.39 is 0 Å². The van der Waals surface area contributed by atoms with E-state index in [-0.39, 0.29) is 5.41 Å². The maximum atomic E-state index is 5.39. The Labute approximate surface area is 321 Å². The van der Waals surface area contributed by atoms with Crippen molar-refractivity contribution in [1.29, 1.82) is 0 Å². The molecule has 3 heterocycles. The van der Waals surface area contributed by atoms with Crippen molar-refractivity contribution in [1.82, 2.24) is 15.0 Å². The van der Waals surface area contributed by atoms with E-state index in [9.17, 15) is 0 Å². The van der Waals surface area contributed by atoms with Crippen LogP contribution in [0.3, 0.4) is 0 Å². The van der Waals surface area contributed by atoms with E-state index in [1.54, 1.807) is 5.56 Å². The molecule has 0 aliphatic heterocycles. The molecule has 4 bridgehead atoms. The second-order valence-corrected chi connectivity index (χ2v) is 18.5. The van der Waals surface area contributed by atoms with Crippen LogP contribution >= 0.6 is 22.7 Å². The Balaban J connectivity index is 1.07. The summed E-state index contributed by atoms with van der Waals surface area (Å²) in [6.07, 6.45) is 6.86. The van der Waals surface area contributed by atoms with Gasteiger partial charge < -0.3 is 0 Å². The second-order valence-electron chi connectivity index (χ2n) is 16.3. The number of hydrogen-bond acceptors (Lipinski definition) is 5. The Morgan fingerprint density at radius 3 is 1.93 bits per heavy atom. The van der Waals surface area contributed by atoms with Crippen molar-refractivity contribution in [3.63, 3.8) is 0 Å². The molecule has 4 fully saturated rings. The third-order valence-electron chi connectivity index (χ3n) is 13.7. The Morgan fingerprint density at radius 1 is 0.463 bits per heavy atom. The normalized spacial score (nSPS) is 23.6. The highest BCUT2D eigenvalue weighted by atomic mass is 32.1. The maximum absolute atomic E-state index is 5.39. The molecule has 9 aromatic rings. The van der Waals surface area contributed by atoms with Crippen LogP contribution < -0.4 is 0 Å². The van der Waals surface area contributed by atoms with E-state index in [2.05, 4.69) is 127 Å². The van der Waals surface area contributed by atoms with Gasteiger partial charge in [0.25, 0.3) is 0 Å². The molecule has 4 saturated carbocycles. The first kappa shape index (κ1) is 30.1. The first-order valence-corrected chi connectivity index (χ1v) is 21.2. The monoisotopic (exact) mass is 729 g/mol. The van der Waals surface area contributed by atoms with Gasteiger partial charge in [-0.3, -0.25) is 0 Å². The van der Waals surface area contributed by atoms with Crippen molar-refractivity contribution < 1.29 is 0 Å². The molecular formula is C49H35N3S2. The second kappa shape index (κ2) is 10.9. The fourth-order valence-electron chi connectivity index (χ4n) is 11.9. The summed E-state index contributed by atoms with van der Waals surface area (Å²) in [5.41, 5.74) is 9.24. The molecule has 0 radical (unpaired) electrons. The minimum atomic E-state index is 0.0338. The molecule has 3 aromatic heterocycles. The highest BCUT2D eigenvalue weighted by Gasteiger charge is 2.61. The molecule has 5 heteroatoms. The van der Waals surface area contributed by atoms with Gasteiger partial charge >= 0.3 is 0 Å². The van der Waals surface area contributed by atoms with E-state index >= 15 is 0 Å². The minimum Gasteiger partial charge on any atom is -0.208 e. The quantitative estimate of drug-likeness (QED) is 0.182. The van der Waals surface area contributed by atoms with Gasteiger partial charge in [0.05, 0.1) is 0 Å². The van der Waals surface area contributed by atoms with Crippen LogP contribution in [-0.4, -0.2) is 15.0 Å². The fourth-order valence-corrected chi connectivity index (χ4v) is 14.2. The lowest BCUT2D eigenvalue weighted by atomic mass is 9.43. The summed E-state index contributed by atoms with van der Waals surface area (Å²) >= 11 is 3.77. The Bertz CT molecular complexity index is 3000. The molecule has 6 aromatic carbocycles. The molecule has 5 aliphatic carbocycles. The van der Waals surface area contributed by atoms with Crippen LogP contribution in [0.25, 0.3) is 85.6 Å². The van der Waals surface area contributed by atoms with Crippen LogP contribution in [0.4, 0.5) is 0 Å². The van der Waals surface area contributed by atoms with Gasteiger partial charge in [-0.05, 0) is 108 Å². The molecule has 5 aliphatic rings. The number of fused-ring (bicyclic) bond motifs is 10. The largest absolute Gasteiger partial charge is 0.208 e. The van der Waals surface area contributed by atoms with Gasteiger partial charge in [-0.25, -0.2) is 15.0 Å². The highest BCUT2D eigenvalue weighted by Crippen LogP contribution is 2.70.